The highest BCUT2D eigenvalue weighted by molar-refractivity contribution is 6.33. The highest BCUT2D eigenvalue weighted by Crippen LogP contribution is 2.22. The first-order valence-electron chi connectivity index (χ1n) is 10.4. The minimum atomic E-state index is -0.480. The molecule has 0 saturated carbocycles. The van der Waals surface area contributed by atoms with E-state index in [1.54, 1.807) is 41.0 Å². The highest BCUT2D eigenvalue weighted by atomic mass is 35.5. The monoisotopic (exact) mass is 464 g/mol. The van der Waals surface area contributed by atoms with Gasteiger partial charge >= 0.3 is 0 Å². The van der Waals surface area contributed by atoms with Crippen LogP contribution in [0.2, 0.25) is 5.02 Å². The lowest BCUT2D eigenvalue weighted by atomic mass is 10.2. The number of carbonyl (C=O) groups excluding carboxylic acids is 2. The quantitative estimate of drug-likeness (QED) is 0.418. The molecular weight excluding hydrogens is 443 g/mol. The zero-order chi connectivity index (χ0) is 23.4. The smallest absolute Gasteiger partial charge is 0.253 e. The average molecular weight is 465 g/mol. The molecule has 0 aliphatic heterocycles. The summed E-state index contributed by atoms with van der Waals surface area (Å²) in [6.07, 6.45) is 0. The van der Waals surface area contributed by atoms with Crippen molar-refractivity contribution >= 4 is 34.4 Å². The number of imidazole rings is 1. The second-order valence-electron chi connectivity index (χ2n) is 7.62. The number of halogens is 2. The van der Waals surface area contributed by atoms with Crippen LogP contribution < -0.4 is 10.6 Å². The standard InChI is InChI=1S/C25H22ClFN4O2/c1-16(29-25(33)19-6-2-3-7-20(19)26)24-30-21-8-4-5-9-22(21)31(24)15-23(32)28-14-17-10-12-18(27)13-11-17/h2-13,16H,14-15H2,1H3,(H,28,32)(H,29,33). The van der Waals surface area contributed by atoms with Crippen molar-refractivity contribution in [2.45, 2.75) is 26.1 Å². The van der Waals surface area contributed by atoms with E-state index in [1.807, 2.05) is 31.2 Å². The van der Waals surface area contributed by atoms with Gasteiger partial charge in [-0.15, -0.1) is 0 Å². The molecule has 1 atom stereocenters. The molecule has 0 aliphatic rings. The average Bonchev–Trinajstić information content (AvgIpc) is 3.17. The van der Waals surface area contributed by atoms with Crippen LogP contribution in [0.1, 0.15) is 34.7 Å². The Bertz CT molecular complexity index is 1300. The molecule has 4 aromatic rings. The van der Waals surface area contributed by atoms with Crippen LogP contribution in [0.4, 0.5) is 4.39 Å². The number of hydrogen-bond donors (Lipinski definition) is 2. The fourth-order valence-corrected chi connectivity index (χ4v) is 3.80. The molecule has 0 spiro atoms. The van der Waals surface area contributed by atoms with Crippen LogP contribution >= 0.6 is 11.6 Å². The highest BCUT2D eigenvalue weighted by Gasteiger charge is 2.21. The summed E-state index contributed by atoms with van der Waals surface area (Å²) in [7, 11) is 0. The molecule has 2 N–H and O–H groups in total. The van der Waals surface area contributed by atoms with Crippen LogP contribution in [0, 0.1) is 5.82 Å². The fourth-order valence-electron chi connectivity index (χ4n) is 3.58. The normalized spacial score (nSPS) is 11.8. The van der Waals surface area contributed by atoms with Crippen molar-refractivity contribution in [3.05, 3.63) is 101 Å². The third-order valence-electron chi connectivity index (χ3n) is 5.24. The summed E-state index contributed by atoms with van der Waals surface area (Å²) in [5.74, 6) is -0.332. The van der Waals surface area contributed by atoms with E-state index in [9.17, 15) is 14.0 Å². The van der Waals surface area contributed by atoms with Crippen molar-refractivity contribution < 1.29 is 14.0 Å². The SMILES string of the molecule is CC(NC(=O)c1ccccc1Cl)c1nc2ccccc2n1CC(=O)NCc1ccc(F)cc1. The van der Waals surface area contributed by atoms with Gasteiger partial charge in [0.1, 0.15) is 18.2 Å². The molecule has 168 valence electrons. The maximum Gasteiger partial charge on any atom is 0.253 e. The molecule has 0 fully saturated rings. The molecule has 1 aromatic heterocycles. The summed E-state index contributed by atoms with van der Waals surface area (Å²) >= 11 is 6.15. The Hall–Kier alpha value is -3.71. The van der Waals surface area contributed by atoms with E-state index in [4.69, 9.17) is 11.6 Å². The molecule has 2 amide bonds. The van der Waals surface area contributed by atoms with Gasteiger partial charge in [-0.25, -0.2) is 9.37 Å². The number of nitrogens with zero attached hydrogens (tertiary/aromatic N) is 2. The lowest BCUT2D eigenvalue weighted by molar-refractivity contribution is -0.121. The lowest BCUT2D eigenvalue weighted by Crippen LogP contribution is -2.31. The largest absolute Gasteiger partial charge is 0.350 e. The van der Waals surface area contributed by atoms with E-state index in [1.165, 1.54) is 12.1 Å². The Kier molecular flexibility index (Phi) is 6.70. The van der Waals surface area contributed by atoms with Gasteiger partial charge in [-0.1, -0.05) is 48.0 Å². The van der Waals surface area contributed by atoms with Gasteiger partial charge in [-0.2, -0.15) is 0 Å². The van der Waals surface area contributed by atoms with Crippen LogP contribution in [-0.2, 0) is 17.9 Å². The Morgan fingerprint density at radius 2 is 1.73 bits per heavy atom. The van der Waals surface area contributed by atoms with Crippen molar-refractivity contribution in [2.75, 3.05) is 0 Å². The first-order chi connectivity index (χ1) is 15.9. The number of aromatic nitrogens is 2. The Morgan fingerprint density at radius 3 is 2.48 bits per heavy atom. The molecule has 8 heteroatoms. The van der Waals surface area contributed by atoms with Crippen LogP contribution in [0.5, 0.6) is 0 Å². The van der Waals surface area contributed by atoms with Gasteiger partial charge in [0, 0.05) is 6.54 Å². The zero-order valence-corrected chi connectivity index (χ0v) is 18.6. The molecule has 1 heterocycles. The summed E-state index contributed by atoms with van der Waals surface area (Å²) in [5.41, 5.74) is 2.66. The maximum atomic E-state index is 13.1. The molecule has 0 bridgehead atoms. The van der Waals surface area contributed by atoms with Crippen molar-refractivity contribution in [1.82, 2.24) is 20.2 Å². The summed E-state index contributed by atoms with van der Waals surface area (Å²) in [6, 6.07) is 19.7. The first kappa shape index (κ1) is 22.5. The van der Waals surface area contributed by atoms with Crippen molar-refractivity contribution in [3.63, 3.8) is 0 Å². The van der Waals surface area contributed by atoms with Gasteiger partial charge in [0.05, 0.1) is 27.7 Å². The van der Waals surface area contributed by atoms with Crippen LogP contribution in [0.15, 0.2) is 72.8 Å². The number of rotatable bonds is 7. The third-order valence-corrected chi connectivity index (χ3v) is 5.57. The number of hydrogen-bond acceptors (Lipinski definition) is 3. The predicted molar refractivity (Wildman–Crippen MR) is 125 cm³/mol. The summed E-state index contributed by atoms with van der Waals surface area (Å²) in [5, 5.41) is 6.12. The Balaban J connectivity index is 1.53. The predicted octanol–water partition coefficient (Wildman–Crippen LogP) is 4.64. The van der Waals surface area contributed by atoms with Gasteiger partial charge in [0.15, 0.2) is 0 Å². The van der Waals surface area contributed by atoms with Crippen LogP contribution in [0.25, 0.3) is 11.0 Å². The lowest BCUT2D eigenvalue weighted by Gasteiger charge is -2.17. The maximum absolute atomic E-state index is 13.1. The van der Waals surface area contributed by atoms with E-state index in [0.717, 1.165) is 16.6 Å². The Labute approximate surface area is 195 Å². The molecule has 0 aliphatic carbocycles. The molecular formula is C25H22ClFN4O2. The van der Waals surface area contributed by atoms with E-state index in [-0.39, 0.29) is 30.7 Å². The zero-order valence-electron chi connectivity index (χ0n) is 17.9. The molecule has 3 aromatic carbocycles. The summed E-state index contributed by atoms with van der Waals surface area (Å²) in [4.78, 5) is 30.1. The van der Waals surface area contributed by atoms with Gasteiger partial charge in [0.2, 0.25) is 5.91 Å². The number of amides is 2. The molecule has 0 saturated heterocycles. The summed E-state index contributed by atoms with van der Waals surface area (Å²) < 4.78 is 14.9. The van der Waals surface area contributed by atoms with E-state index in [2.05, 4.69) is 15.6 Å². The minimum absolute atomic E-state index is 0.0172. The number of carbonyl (C=O) groups is 2. The van der Waals surface area contributed by atoms with E-state index in [0.29, 0.717) is 16.4 Å². The van der Waals surface area contributed by atoms with E-state index >= 15 is 0 Å². The second-order valence-corrected chi connectivity index (χ2v) is 8.03. The van der Waals surface area contributed by atoms with Gasteiger partial charge in [0.25, 0.3) is 5.91 Å². The number of fused-ring (bicyclic) bond motifs is 1. The van der Waals surface area contributed by atoms with Gasteiger partial charge in [-0.3, -0.25) is 9.59 Å². The topological polar surface area (TPSA) is 76.0 Å². The number of benzene rings is 3. The molecule has 33 heavy (non-hydrogen) atoms. The Morgan fingerprint density at radius 1 is 1.03 bits per heavy atom. The fraction of sp³-hybridized carbons (Fsp3) is 0.160. The van der Waals surface area contributed by atoms with Gasteiger partial charge < -0.3 is 15.2 Å². The molecule has 4 rings (SSSR count). The van der Waals surface area contributed by atoms with Gasteiger partial charge in [-0.05, 0) is 48.9 Å². The minimum Gasteiger partial charge on any atom is -0.350 e. The first-order valence-corrected chi connectivity index (χ1v) is 10.8. The van der Waals surface area contributed by atoms with Crippen LogP contribution in [0.3, 0.4) is 0 Å². The third kappa shape index (κ3) is 5.21. The van der Waals surface area contributed by atoms with Crippen molar-refractivity contribution in [1.29, 1.82) is 0 Å². The van der Waals surface area contributed by atoms with Crippen molar-refractivity contribution in [2.24, 2.45) is 0 Å². The van der Waals surface area contributed by atoms with Crippen molar-refractivity contribution in [3.8, 4) is 0 Å². The van der Waals surface area contributed by atoms with E-state index < -0.39 is 6.04 Å². The number of nitrogens with one attached hydrogen (secondary N) is 2. The molecule has 6 nitrogen and oxygen atoms in total. The summed E-state index contributed by atoms with van der Waals surface area (Å²) in [6.45, 7) is 2.10. The van der Waals surface area contributed by atoms with Crippen LogP contribution in [-0.4, -0.2) is 21.4 Å². The number of para-hydroxylation sites is 2. The molecule has 0 radical (unpaired) electrons. The second kappa shape index (κ2) is 9.83. The molecule has 1 unspecified atom stereocenters.